The second-order valence-electron chi connectivity index (χ2n) is 4.84. The van der Waals surface area contributed by atoms with E-state index < -0.39 is 17.7 Å². The zero-order chi connectivity index (χ0) is 12.6. The van der Waals surface area contributed by atoms with Crippen molar-refractivity contribution < 1.29 is 14.7 Å². The third kappa shape index (κ3) is 1.65. The lowest BCUT2D eigenvalue weighted by atomic mass is 9.75. The van der Waals surface area contributed by atoms with Crippen molar-refractivity contribution in [3.05, 3.63) is 12.2 Å². The summed E-state index contributed by atoms with van der Waals surface area (Å²) in [4.78, 5) is 26.4. The molecule has 0 aromatic rings. The van der Waals surface area contributed by atoms with Crippen molar-refractivity contribution in [2.24, 2.45) is 5.41 Å². The molecule has 1 aliphatic carbocycles. The molecule has 1 spiro atoms. The third-order valence-electron chi connectivity index (χ3n) is 3.86. The maximum Gasteiger partial charge on any atom is 0.328 e. The van der Waals surface area contributed by atoms with Crippen LogP contribution in [-0.2, 0) is 4.79 Å². The van der Waals surface area contributed by atoms with E-state index in [9.17, 15) is 14.7 Å². The van der Waals surface area contributed by atoms with E-state index in [-0.39, 0.29) is 5.91 Å². The van der Waals surface area contributed by atoms with E-state index in [1.807, 2.05) is 12.2 Å². The summed E-state index contributed by atoms with van der Waals surface area (Å²) in [6.07, 6.45) is 5.75. The van der Waals surface area contributed by atoms with Gasteiger partial charge in [-0.3, -0.25) is 9.69 Å². The van der Waals surface area contributed by atoms with E-state index in [0.29, 0.717) is 12.8 Å². The molecule has 1 N–H and O–H groups in total. The molecule has 5 nitrogen and oxygen atoms in total. The monoisotopic (exact) mass is 238 g/mol. The summed E-state index contributed by atoms with van der Waals surface area (Å²) in [6.45, 7) is 0. The van der Waals surface area contributed by atoms with Gasteiger partial charge < -0.3 is 10.0 Å². The number of hydrogen-bond acceptors (Lipinski definition) is 3. The average Bonchev–Trinajstić information content (AvgIpc) is 2.59. The summed E-state index contributed by atoms with van der Waals surface area (Å²) in [7, 11) is 3.02. The fourth-order valence-corrected chi connectivity index (χ4v) is 2.76. The lowest BCUT2D eigenvalue weighted by molar-refractivity contribution is -0.164. The van der Waals surface area contributed by atoms with Gasteiger partial charge in [-0.25, -0.2) is 4.79 Å². The van der Waals surface area contributed by atoms with E-state index in [0.717, 1.165) is 17.7 Å². The number of aliphatic hydroxyl groups is 1. The quantitative estimate of drug-likeness (QED) is 0.639. The van der Waals surface area contributed by atoms with Gasteiger partial charge in [-0.1, -0.05) is 12.2 Å². The van der Waals surface area contributed by atoms with Crippen molar-refractivity contribution in [3.63, 3.8) is 0 Å². The second kappa shape index (κ2) is 4.14. The predicted molar refractivity (Wildman–Crippen MR) is 62.0 cm³/mol. The van der Waals surface area contributed by atoms with Crippen LogP contribution in [0.25, 0.3) is 0 Å². The van der Waals surface area contributed by atoms with E-state index >= 15 is 0 Å². The van der Waals surface area contributed by atoms with Crippen LogP contribution in [0.15, 0.2) is 12.2 Å². The minimum atomic E-state index is -1.02. The minimum Gasteiger partial charge on any atom is -0.372 e. The number of hydrogen-bond donors (Lipinski definition) is 1. The molecule has 0 aromatic carbocycles. The number of nitrogens with zero attached hydrogens (tertiary/aromatic N) is 2. The molecule has 0 saturated carbocycles. The highest BCUT2D eigenvalue weighted by atomic mass is 16.3. The fourth-order valence-electron chi connectivity index (χ4n) is 2.76. The summed E-state index contributed by atoms with van der Waals surface area (Å²) >= 11 is 0. The first-order chi connectivity index (χ1) is 8.00. The molecule has 1 aliphatic heterocycles. The number of carbonyl (C=O) groups is 2. The summed E-state index contributed by atoms with van der Waals surface area (Å²) in [5.74, 6) is -0.253. The number of carbonyl (C=O) groups excluding carboxylic acids is 2. The first-order valence-electron chi connectivity index (χ1n) is 5.89. The highest BCUT2D eigenvalue weighted by Crippen LogP contribution is 2.41. The molecule has 2 rings (SSSR count). The Hall–Kier alpha value is -1.36. The van der Waals surface area contributed by atoms with E-state index in [4.69, 9.17) is 0 Å². The Morgan fingerprint density at radius 2 is 1.76 bits per heavy atom. The van der Waals surface area contributed by atoms with Crippen molar-refractivity contribution in [3.8, 4) is 0 Å². The molecular formula is C12H18N2O3. The van der Waals surface area contributed by atoms with Gasteiger partial charge in [0.05, 0.1) is 5.41 Å². The number of imide groups is 1. The normalized spacial score (nSPS) is 28.8. The summed E-state index contributed by atoms with van der Waals surface area (Å²) in [5, 5.41) is 10.3. The predicted octanol–water partition coefficient (Wildman–Crippen LogP) is 0.945. The van der Waals surface area contributed by atoms with Crippen molar-refractivity contribution in [1.82, 2.24) is 9.80 Å². The molecule has 1 atom stereocenters. The van der Waals surface area contributed by atoms with Gasteiger partial charge in [0.15, 0.2) is 0 Å². The number of aliphatic hydroxyl groups excluding tert-OH is 1. The zero-order valence-corrected chi connectivity index (χ0v) is 10.2. The highest BCUT2D eigenvalue weighted by molar-refractivity contribution is 6.00. The average molecular weight is 238 g/mol. The topological polar surface area (TPSA) is 60.9 Å². The van der Waals surface area contributed by atoms with Crippen LogP contribution in [0.5, 0.6) is 0 Å². The van der Waals surface area contributed by atoms with Gasteiger partial charge in [0.1, 0.15) is 6.23 Å². The maximum absolute atomic E-state index is 12.3. The molecule has 1 fully saturated rings. The van der Waals surface area contributed by atoms with Gasteiger partial charge in [0.2, 0.25) is 5.91 Å². The Bertz CT molecular complexity index is 368. The van der Waals surface area contributed by atoms with Crippen LogP contribution in [0.3, 0.4) is 0 Å². The molecule has 0 radical (unpaired) electrons. The van der Waals surface area contributed by atoms with Gasteiger partial charge in [0.25, 0.3) is 0 Å². The van der Waals surface area contributed by atoms with Crippen molar-refractivity contribution in [2.75, 3.05) is 14.1 Å². The molecule has 94 valence electrons. The Kier molecular flexibility index (Phi) is 2.95. The number of allylic oxidation sites excluding steroid dienone is 2. The van der Waals surface area contributed by atoms with Crippen LogP contribution in [0.1, 0.15) is 25.7 Å². The maximum atomic E-state index is 12.3. The molecule has 1 heterocycles. The minimum absolute atomic E-state index is 0.253. The fraction of sp³-hybridized carbons (Fsp3) is 0.667. The Balaban J connectivity index is 2.37. The van der Waals surface area contributed by atoms with Gasteiger partial charge in [-0.2, -0.15) is 0 Å². The van der Waals surface area contributed by atoms with Crippen LogP contribution >= 0.6 is 0 Å². The molecule has 17 heavy (non-hydrogen) atoms. The van der Waals surface area contributed by atoms with Crippen LogP contribution in [-0.4, -0.2) is 47.2 Å². The molecule has 1 saturated heterocycles. The standard InChI is InChI=1S/C12H18N2O3/c1-13-9(15)12(7-5-3-4-6-8-12)10(16)14(2)11(13)17/h3-4,9,15H,5-8H2,1-2H3/t9-/m0/s1. The molecule has 2 aliphatic rings. The van der Waals surface area contributed by atoms with Crippen molar-refractivity contribution in [2.45, 2.75) is 31.9 Å². The lowest BCUT2D eigenvalue weighted by Crippen LogP contribution is -2.65. The second-order valence-corrected chi connectivity index (χ2v) is 4.84. The zero-order valence-electron chi connectivity index (χ0n) is 10.2. The molecule has 0 bridgehead atoms. The van der Waals surface area contributed by atoms with Gasteiger partial charge >= 0.3 is 6.03 Å². The van der Waals surface area contributed by atoms with Gasteiger partial charge in [0, 0.05) is 14.1 Å². The largest absolute Gasteiger partial charge is 0.372 e. The van der Waals surface area contributed by atoms with Gasteiger partial charge in [-0.15, -0.1) is 0 Å². The van der Waals surface area contributed by atoms with Crippen LogP contribution in [0.4, 0.5) is 4.79 Å². The number of urea groups is 1. The number of rotatable bonds is 0. The molecule has 3 amide bonds. The van der Waals surface area contributed by atoms with Crippen LogP contribution in [0, 0.1) is 5.41 Å². The highest BCUT2D eigenvalue weighted by Gasteiger charge is 2.53. The molecule has 0 aromatic heterocycles. The summed E-state index contributed by atoms with van der Waals surface area (Å²) in [5.41, 5.74) is -0.832. The Morgan fingerprint density at radius 1 is 1.24 bits per heavy atom. The lowest BCUT2D eigenvalue weighted by Gasteiger charge is -2.47. The van der Waals surface area contributed by atoms with Crippen molar-refractivity contribution in [1.29, 1.82) is 0 Å². The van der Waals surface area contributed by atoms with E-state index in [1.165, 1.54) is 19.0 Å². The smallest absolute Gasteiger partial charge is 0.328 e. The first kappa shape index (κ1) is 12.1. The first-order valence-corrected chi connectivity index (χ1v) is 5.89. The Labute approximate surface area is 101 Å². The summed E-state index contributed by atoms with van der Waals surface area (Å²) in [6, 6.07) is -0.440. The Morgan fingerprint density at radius 3 is 2.29 bits per heavy atom. The molecule has 0 unspecified atom stereocenters. The molecular weight excluding hydrogens is 220 g/mol. The van der Waals surface area contributed by atoms with Crippen molar-refractivity contribution >= 4 is 11.9 Å². The van der Waals surface area contributed by atoms with E-state index in [2.05, 4.69) is 0 Å². The van der Waals surface area contributed by atoms with Crippen LogP contribution < -0.4 is 0 Å². The number of amides is 3. The molecule has 5 heteroatoms. The van der Waals surface area contributed by atoms with Crippen LogP contribution in [0.2, 0.25) is 0 Å². The van der Waals surface area contributed by atoms with Gasteiger partial charge in [-0.05, 0) is 25.7 Å². The van der Waals surface area contributed by atoms with E-state index in [1.54, 1.807) is 0 Å². The SMILES string of the molecule is CN1C(=O)N(C)[C@@H](O)C2(CCC=CCC2)C1=O. The third-order valence-corrected chi connectivity index (χ3v) is 3.86. The summed E-state index contributed by atoms with van der Waals surface area (Å²) < 4.78 is 0.